The van der Waals surface area contributed by atoms with Crippen molar-refractivity contribution in [3.8, 4) is 0 Å². The Morgan fingerprint density at radius 2 is 2.07 bits per heavy atom. The summed E-state index contributed by atoms with van der Waals surface area (Å²) < 4.78 is 4.98. The Morgan fingerprint density at radius 3 is 2.60 bits per heavy atom. The highest BCUT2D eigenvalue weighted by Crippen LogP contribution is 2.17. The standard InChI is InChI=1S/C13H25NO/c1-12(7-6-10-15-5)11-14-9-8-13(2,3)4/h11H,1,6-10H2,2-5H3/b14-11+. The summed E-state index contributed by atoms with van der Waals surface area (Å²) in [7, 11) is 1.72. The quantitative estimate of drug-likeness (QED) is 0.466. The minimum absolute atomic E-state index is 0.370. The highest BCUT2D eigenvalue weighted by molar-refractivity contribution is 5.77. The van der Waals surface area contributed by atoms with Crippen LogP contribution in [-0.4, -0.2) is 26.5 Å². The van der Waals surface area contributed by atoms with Gasteiger partial charge < -0.3 is 4.74 Å². The molecule has 0 heterocycles. The van der Waals surface area contributed by atoms with Crippen LogP contribution in [0.1, 0.15) is 40.0 Å². The Balaban J connectivity index is 3.55. The van der Waals surface area contributed by atoms with Gasteiger partial charge in [0, 0.05) is 26.5 Å². The predicted molar refractivity (Wildman–Crippen MR) is 67.7 cm³/mol. The van der Waals surface area contributed by atoms with Gasteiger partial charge in [-0.15, -0.1) is 0 Å². The molecule has 0 radical (unpaired) electrons. The molecule has 0 saturated heterocycles. The van der Waals surface area contributed by atoms with Crippen LogP contribution in [0.3, 0.4) is 0 Å². The van der Waals surface area contributed by atoms with Crippen LogP contribution in [0.25, 0.3) is 0 Å². The zero-order valence-electron chi connectivity index (χ0n) is 10.7. The summed E-state index contributed by atoms with van der Waals surface area (Å²) in [6, 6.07) is 0. The average molecular weight is 211 g/mol. The van der Waals surface area contributed by atoms with Gasteiger partial charge in [0.25, 0.3) is 0 Å². The number of methoxy groups -OCH3 is 1. The molecule has 0 aromatic rings. The van der Waals surface area contributed by atoms with Gasteiger partial charge in [-0.25, -0.2) is 0 Å². The van der Waals surface area contributed by atoms with Crippen molar-refractivity contribution in [1.29, 1.82) is 0 Å². The summed E-state index contributed by atoms with van der Waals surface area (Å²) in [4.78, 5) is 4.37. The topological polar surface area (TPSA) is 21.6 Å². The summed E-state index contributed by atoms with van der Waals surface area (Å²) in [5, 5.41) is 0. The van der Waals surface area contributed by atoms with Crippen LogP contribution < -0.4 is 0 Å². The number of hydrogen-bond donors (Lipinski definition) is 0. The summed E-state index contributed by atoms with van der Waals surface area (Å²) >= 11 is 0. The largest absolute Gasteiger partial charge is 0.385 e. The van der Waals surface area contributed by atoms with Gasteiger partial charge in [0.15, 0.2) is 0 Å². The van der Waals surface area contributed by atoms with E-state index in [1.807, 2.05) is 6.21 Å². The third-order valence-electron chi connectivity index (χ3n) is 2.11. The van der Waals surface area contributed by atoms with Crippen molar-refractivity contribution in [2.75, 3.05) is 20.3 Å². The third-order valence-corrected chi connectivity index (χ3v) is 2.11. The van der Waals surface area contributed by atoms with Crippen molar-refractivity contribution in [3.63, 3.8) is 0 Å². The first-order chi connectivity index (χ1) is 6.95. The second-order valence-corrected chi connectivity index (χ2v) is 5.10. The van der Waals surface area contributed by atoms with Crippen LogP contribution in [0.5, 0.6) is 0 Å². The fraction of sp³-hybridized carbons (Fsp3) is 0.769. The summed E-state index contributed by atoms with van der Waals surface area (Å²) in [6.07, 6.45) is 5.03. The average Bonchev–Trinajstić information content (AvgIpc) is 2.11. The normalized spacial score (nSPS) is 12.3. The number of rotatable bonds is 7. The van der Waals surface area contributed by atoms with Crippen LogP contribution in [0, 0.1) is 5.41 Å². The lowest BCUT2D eigenvalue weighted by molar-refractivity contribution is 0.195. The molecule has 0 atom stereocenters. The molecule has 0 unspecified atom stereocenters. The Bertz CT molecular complexity index is 201. The smallest absolute Gasteiger partial charge is 0.0465 e. The van der Waals surface area contributed by atoms with Gasteiger partial charge in [0.1, 0.15) is 0 Å². The molecule has 0 aromatic carbocycles. The van der Waals surface area contributed by atoms with Gasteiger partial charge in [0.2, 0.25) is 0 Å². The van der Waals surface area contributed by atoms with Crippen molar-refractivity contribution in [1.82, 2.24) is 0 Å². The lowest BCUT2D eigenvalue weighted by Crippen LogP contribution is -2.06. The van der Waals surface area contributed by atoms with Crippen molar-refractivity contribution < 1.29 is 4.74 Å². The maximum absolute atomic E-state index is 4.98. The zero-order valence-corrected chi connectivity index (χ0v) is 10.7. The molecule has 0 N–H and O–H groups in total. The molecule has 88 valence electrons. The Morgan fingerprint density at radius 1 is 1.40 bits per heavy atom. The molecule has 0 spiro atoms. The molecular formula is C13H25NO. The van der Waals surface area contributed by atoms with E-state index in [2.05, 4.69) is 32.3 Å². The van der Waals surface area contributed by atoms with E-state index in [1.165, 1.54) is 0 Å². The van der Waals surface area contributed by atoms with Crippen LogP contribution in [-0.2, 0) is 4.74 Å². The lowest BCUT2D eigenvalue weighted by Gasteiger charge is -2.15. The molecule has 0 bridgehead atoms. The molecule has 0 rings (SSSR count). The van der Waals surface area contributed by atoms with E-state index in [-0.39, 0.29) is 0 Å². The van der Waals surface area contributed by atoms with Gasteiger partial charge in [-0.1, -0.05) is 27.4 Å². The first-order valence-corrected chi connectivity index (χ1v) is 5.62. The summed E-state index contributed by atoms with van der Waals surface area (Å²) in [6.45, 7) is 12.3. The van der Waals surface area contributed by atoms with Crippen molar-refractivity contribution in [3.05, 3.63) is 12.2 Å². The van der Waals surface area contributed by atoms with Gasteiger partial charge in [-0.3, -0.25) is 4.99 Å². The minimum atomic E-state index is 0.370. The van der Waals surface area contributed by atoms with Gasteiger partial charge in [-0.2, -0.15) is 0 Å². The third kappa shape index (κ3) is 11.3. The maximum Gasteiger partial charge on any atom is 0.0465 e. The Kier molecular flexibility index (Phi) is 7.31. The molecule has 15 heavy (non-hydrogen) atoms. The minimum Gasteiger partial charge on any atom is -0.385 e. The monoisotopic (exact) mass is 211 g/mol. The zero-order chi connectivity index (χ0) is 11.7. The van der Waals surface area contributed by atoms with Crippen LogP contribution in [0.2, 0.25) is 0 Å². The maximum atomic E-state index is 4.98. The second-order valence-electron chi connectivity index (χ2n) is 5.10. The van der Waals surface area contributed by atoms with E-state index in [9.17, 15) is 0 Å². The number of ether oxygens (including phenoxy) is 1. The molecule has 0 aromatic heterocycles. The lowest BCUT2D eigenvalue weighted by atomic mass is 9.92. The highest BCUT2D eigenvalue weighted by atomic mass is 16.5. The summed E-state index contributed by atoms with van der Waals surface area (Å²) in [5.74, 6) is 0. The van der Waals surface area contributed by atoms with Crippen LogP contribution in [0.15, 0.2) is 17.1 Å². The van der Waals surface area contributed by atoms with Crippen molar-refractivity contribution in [2.45, 2.75) is 40.0 Å². The first kappa shape index (κ1) is 14.4. The van der Waals surface area contributed by atoms with E-state index in [1.54, 1.807) is 7.11 Å². The number of allylic oxidation sites excluding steroid dienone is 1. The van der Waals surface area contributed by atoms with Gasteiger partial charge >= 0.3 is 0 Å². The molecule has 2 heteroatoms. The summed E-state index contributed by atoms with van der Waals surface area (Å²) in [5.41, 5.74) is 1.47. The van der Waals surface area contributed by atoms with E-state index in [0.29, 0.717) is 5.41 Å². The predicted octanol–water partition coefficient (Wildman–Crippen LogP) is 3.48. The fourth-order valence-corrected chi connectivity index (χ4v) is 1.10. The molecule has 0 saturated carbocycles. The van der Waals surface area contributed by atoms with Crippen LogP contribution >= 0.6 is 0 Å². The number of aliphatic imine (C=N–C) groups is 1. The molecule has 0 aliphatic rings. The fourth-order valence-electron chi connectivity index (χ4n) is 1.10. The van der Waals surface area contributed by atoms with Crippen LogP contribution in [0.4, 0.5) is 0 Å². The van der Waals surface area contributed by atoms with Crippen molar-refractivity contribution >= 4 is 6.21 Å². The van der Waals surface area contributed by atoms with E-state index >= 15 is 0 Å². The molecule has 2 nitrogen and oxygen atoms in total. The number of hydrogen-bond acceptors (Lipinski definition) is 2. The SMILES string of the molecule is C=C(/C=N/CCC(C)(C)C)CCCOC. The Labute approximate surface area is 94.4 Å². The van der Waals surface area contributed by atoms with E-state index in [4.69, 9.17) is 4.74 Å². The molecule has 0 aliphatic heterocycles. The van der Waals surface area contributed by atoms with E-state index < -0.39 is 0 Å². The van der Waals surface area contributed by atoms with Gasteiger partial charge in [-0.05, 0) is 30.3 Å². The molecule has 0 amide bonds. The Hall–Kier alpha value is -0.630. The van der Waals surface area contributed by atoms with Crippen molar-refractivity contribution in [2.24, 2.45) is 10.4 Å². The molecule has 0 aliphatic carbocycles. The van der Waals surface area contributed by atoms with Gasteiger partial charge in [0.05, 0.1) is 0 Å². The van der Waals surface area contributed by atoms with E-state index in [0.717, 1.165) is 38.0 Å². The molecular weight excluding hydrogens is 186 g/mol. The second kappa shape index (κ2) is 7.63. The highest BCUT2D eigenvalue weighted by Gasteiger charge is 2.07. The number of nitrogens with zero attached hydrogens (tertiary/aromatic N) is 1. The molecule has 0 fully saturated rings. The first-order valence-electron chi connectivity index (χ1n) is 5.62.